The molecule has 1 aromatic rings. The van der Waals surface area contributed by atoms with E-state index in [0.29, 0.717) is 10.9 Å². The molecule has 0 saturated carbocycles. The van der Waals surface area contributed by atoms with Crippen molar-refractivity contribution >= 4 is 22.4 Å². The van der Waals surface area contributed by atoms with Crippen LogP contribution < -0.4 is 0 Å². The highest BCUT2D eigenvalue weighted by molar-refractivity contribution is 7.89. The highest BCUT2D eigenvalue weighted by Crippen LogP contribution is 2.28. The number of likely N-dealkylation sites (N-methyl/N-ethyl adjacent to an activating group) is 1. The summed E-state index contributed by atoms with van der Waals surface area (Å²) < 4.78 is 27.3. The molecule has 0 bridgehead atoms. The zero-order valence-electron chi connectivity index (χ0n) is 15.3. The lowest BCUT2D eigenvalue weighted by molar-refractivity contribution is 0.153. The lowest BCUT2D eigenvalue weighted by atomic mass is 9.97. The van der Waals surface area contributed by atoms with Gasteiger partial charge < -0.3 is 0 Å². The van der Waals surface area contributed by atoms with Crippen LogP contribution in [0.4, 0.5) is 0 Å². The first-order chi connectivity index (χ1) is 11.4. The minimum Gasteiger partial charge on any atom is -0.297 e. The van der Waals surface area contributed by atoms with Gasteiger partial charge in [0, 0.05) is 19.1 Å². The molecule has 3 rings (SSSR count). The number of piperidine rings is 1. The molecule has 6 heteroatoms. The van der Waals surface area contributed by atoms with Crippen molar-refractivity contribution in [3.8, 4) is 0 Å². The summed E-state index contributed by atoms with van der Waals surface area (Å²) in [5.74, 6) is 0.812. The SMILES string of the molecule is Cc1cccc(S(=O)(=O)N(C)[C@@H]2C=CC(N3CCC(C)CC3)C2)c1.Cl. The number of aryl methyl sites for hydroxylation is 1. The Bertz CT molecular complexity index is 712. The van der Waals surface area contributed by atoms with Crippen molar-refractivity contribution in [3.05, 3.63) is 42.0 Å². The van der Waals surface area contributed by atoms with E-state index in [9.17, 15) is 8.42 Å². The zero-order valence-corrected chi connectivity index (χ0v) is 16.9. The topological polar surface area (TPSA) is 40.6 Å². The molecule has 0 N–H and O–H groups in total. The molecule has 2 atom stereocenters. The second-order valence-corrected chi connectivity index (χ2v) is 9.31. The van der Waals surface area contributed by atoms with Crippen molar-refractivity contribution in [1.82, 2.24) is 9.21 Å². The van der Waals surface area contributed by atoms with E-state index in [2.05, 4.69) is 24.0 Å². The van der Waals surface area contributed by atoms with E-state index >= 15 is 0 Å². The van der Waals surface area contributed by atoms with Crippen LogP contribution in [0.25, 0.3) is 0 Å². The molecule has 0 spiro atoms. The molecule has 1 aliphatic carbocycles. The fourth-order valence-electron chi connectivity index (χ4n) is 3.68. The third-order valence-corrected chi connectivity index (χ3v) is 7.34. The number of hydrogen-bond acceptors (Lipinski definition) is 3. The summed E-state index contributed by atoms with van der Waals surface area (Å²) in [5.41, 5.74) is 0.965. The van der Waals surface area contributed by atoms with Crippen LogP contribution in [-0.4, -0.2) is 49.8 Å². The van der Waals surface area contributed by atoms with Crippen LogP contribution in [0.15, 0.2) is 41.3 Å². The molecule has 25 heavy (non-hydrogen) atoms. The van der Waals surface area contributed by atoms with Crippen molar-refractivity contribution in [1.29, 1.82) is 0 Å². The van der Waals surface area contributed by atoms with Crippen LogP contribution in [0.5, 0.6) is 0 Å². The maximum absolute atomic E-state index is 12.9. The van der Waals surface area contributed by atoms with Crippen LogP contribution in [0.3, 0.4) is 0 Å². The Morgan fingerprint density at radius 2 is 1.84 bits per heavy atom. The molecule has 1 aliphatic heterocycles. The number of halogens is 1. The number of sulfonamides is 1. The predicted octanol–water partition coefficient (Wildman–Crippen LogP) is 3.47. The Labute approximate surface area is 158 Å². The first kappa shape index (κ1) is 20.4. The van der Waals surface area contributed by atoms with Crippen molar-refractivity contribution in [2.45, 2.75) is 50.1 Å². The van der Waals surface area contributed by atoms with Gasteiger partial charge in [-0.1, -0.05) is 31.2 Å². The zero-order chi connectivity index (χ0) is 17.3. The number of likely N-dealkylation sites (tertiary alicyclic amines) is 1. The van der Waals surface area contributed by atoms with Crippen LogP contribution in [-0.2, 0) is 10.0 Å². The standard InChI is InChI=1S/C19H28N2O2S.ClH/c1-15-9-11-21(12-10-15)18-8-7-17(14-18)20(3)24(22,23)19-6-4-5-16(2)13-19;/h4-8,13,15,17-18H,9-12,14H2,1-3H3;1H/t17-,18?;/m1./s1. The van der Waals surface area contributed by atoms with Gasteiger partial charge in [0.1, 0.15) is 0 Å². The summed E-state index contributed by atoms with van der Waals surface area (Å²) in [4.78, 5) is 2.89. The molecular weight excluding hydrogens is 356 g/mol. The maximum atomic E-state index is 12.9. The van der Waals surface area contributed by atoms with E-state index in [1.165, 1.54) is 17.1 Å². The van der Waals surface area contributed by atoms with Gasteiger partial charge in [0.05, 0.1) is 4.90 Å². The molecule has 0 radical (unpaired) electrons. The number of rotatable bonds is 4. The number of benzene rings is 1. The summed E-state index contributed by atoms with van der Waals surface area (Å²) in [6, 6.07) is 7.47. The van der Waals surface area contributed by atoms with Gasteiger partial charge >= 0.3 is 0 Å². The molecule has 4 nitrogen and oxygen atoms in total. The normalized spacial score (nSPS) is 25.3. The van der Waals surface area contributed by atoms with Crippen molar-refractivity contribution in [2.75, 3.05) is 20.1 Å². The third kappa shape index (κ3) is 4.45. The summed E-state index contributed by atoms with van der Waals surface area (Å²) >= 11 is 0. The Kier molecular flexibility index (Phi) is 6.71. The molecule has 1 heterocycles. The van der Waals surface area contributed by atoms with Gasteiger partial charge in [-0.2, -0.15) is 4.31 Å². The first-order valence-electron chi connectivity index (χ1n) is 8.85. The Balaban J connectivity index is 0.00000225. The van der Waals surface area contributed by atoms with E-state index in [0.717, 1.165) is 31.0 Å². The van der Waals surface area contributed by atoms with E-state index < -0.39 is 10.0 Å². The minimum absolute atomic E-state index is 0. The van der Waals surface area contributed by atoms with Gasteiger partial charge in [-0.3, -0.25) is 4.90 Å². The minimum atomic E-state index is -3.44. The van der Waals surface area contributed by atoms with Crippen LogP contribution in [0, 0.1) is 12.8 Å². The average Bonchev–Trinajstić information content (AvgIpc) is 3.04. The van der Waals surface area contributed by atoms with E-state index in [4.69, 9.17) is 0 Å². The summed E-state index contributed by atoms with van der Waals surface area (Å²) in [6.07, 6.45) is 7.60. The molecule has 2 aliphatic rings. The Hall–Kier alpha value is -0.880. The molecule has 1 aromatic carbocycles. The lowest BCUT2D eigenvalue weighted by Crippen LogP contribution is -2.42. The lowest BCUT2D eigenvalue weighted by Gasteiger charge is -2.35. The molecule has 0 aromatic heterocycles. The fraction of sp³-hybridized carbons (Fsp3) is 0.579. The second kappa shape index (κ2) is 8.21. The van der Waals surface area contributed by atoms with Gasteiger partial charge in [-0.15, -0.1) is 12.4 Å². The largest absolute Gasteiger partial charge is 0.297 e. The van der Waals surface area contributed by atoms with Crippen molar-refractivity contribution in [2.24, 2.45) is 5.92 Å². The van der Waals surface area contributed by atoms with Crippen molar-refractivity contribution in [3.63, 3.8) is 0 Å². The smallest absolute Gasteiger partial charge is 0.243 e. The van der Waals surface area contributed by atoms with Gasteiger partial charge in [0.2, 0.25) is 10.0 Å². The second-order valence-electron chi connectivity index (χ2n) is 7.31. The third-order valence-electron chi connectivity index (χ3n) is 5.46. The van der Waals surface area contributed by atoms with E-state index in [1.54, 1.807) is 25.2 Å². The molecule has 1 unspecified atom stereocenters. The predicted molar refractivity (Wildman–Crippen MR) is 105 cm³/mol. The first-order valence-corrected chi connectivity index (χ1v) is 10.3. The highest BCUT2D eigenvalue weighted by atomic mass is 35.5. The molecule has 140 valence electrons. The molecule has 0 amide bonds. The molecule has 1 fully saturated rings. The van der Waals surface area contributed by atoms with Gasteiger partial charge in [-0.25, -0.2) is 8.42 Å². The number of nitrogens with zero attached hydrogens (tertiary/aromatic N) is 2. The van der Waals surface area contributed by atoms with Crippen LogP contribution in [0.2, 0.25) is 0 Å². The van der Waals surface area contributed by atoms with Gasteiger partial charge in [0.25, 0.3) is 0 Å². The van der Waals surface area contributed by atoms with Crippen LogP contribution >= 0.6 is 12.4 Å². The number of hydrogen-bond donors (Lipinski definition) is 0. The van der Waals surface area contributed by atoms with E-state index in [1.807, 2.05) is 13.0 Å². The summed E-state index contributed by atoms with van der Waals surface area (Å²) in [5, 5.41) is 0. The average molecular weight is 385 g/mol. The summed E-state index contributed by atoms with van der Waals surface area (Å²) in [6.45, 7) is 6.48. The van der Waals surface area contributed by atoms with Crippen molar-refractivity contribution < 1.29 is 8.42 Å². The van der Waals surface area contributed by atoms with Gasteiger partial charge in [0.15, 0.2) is 0 Å². The fourth-order valence-corrected chi connectivity index (χ4v) is 5.11. The molecule has 1 saturated heterocycles. The van der Waals surface area contributed by atoms with Crippen LogP contribution in [0.1, 0.15) is 31.7 Å². The highest BCUT2D eigenvalue weighted by Gasteiger charge is 2.33. The summed E-state index contributed by atoms with van der Waals surface area (Å²) in [7, 11) is -1.74. The van der Waals surface area contributed by atoms with Gasteiger partial charge in [-0.05, 0) is 62.9 Å². The Morgan fingerprint density at radius 3 is 2.48 bits per heavy atom. The molecular formula is C19H29ClN2O2S. The maximum Gasteiger partial charge on any atom is 0.243 e. The monoisotopic (exact) mass is 384 g/mol. The quantitative estimate of drug-likeness (QED) is 0.746. The Morgan fingerprint density at radius 1 is 1.16 bits per heavy atom. The van der Waals surface area contributed by atoms with E-state index in [-0.39, 0.29) is 18.4 Å².